The van der Waals surface area contributed by atoms with Crippen molar-refractivity contribution >= 4 is 5.91 Å². The van der Waals surface area contributed by atoms with Gasteiger partial charge in [0, 0.05) is 26.2 Å². The molecule has 15 heavy (non-hydrogen) atoms. The lowest BCUT2D eigenvalue weighted by Crippen LogP contribution is -2.58. The molecule has 4 heteroatoms. The van der Waals surface area contributed by atoms with Crippen LogP contribution >= 0.6 is 0 Å². The van der Waals surface area contributed by atoms with E-state index in [1.807, 2.05) is 4.90 Å². The van der Waals surface area contributed by atoms with Gasteiger partial charge in [0.2, 0.25) is 5.91 Å². The second kappa shape index (κ2) is 4.49. The fourth-order valence-electron chi connectivity index (χ4n) is 2.57. The lowest BCUT2D eigenvalue weighted by Gasteiger charge is -2.46. The molecule has 4 nitrogen and oxygen atoms in total. The summed E-state index contributed by atoms with van der Waals surface area (Å²) in [4.78, 5) is 13.7. The van der Waals surface area contributed by atoms with Gasteiger partial charge < -0.3 is 14.7 Å². The maximum absolute atomic E-state index is 11.8. The number of hydrogen-bond acceptors (Lipinski definition) is 3. The number of likely N-dealkylation sites (tertiary alicyclic amines) is 1. The third-order valence-electron chi connectivity index (χ3n) is 3.61. The van der Waals surface area contributed by atoms with Crippen LogP contribution < -0.4 is 0 Å². The van der Waals surface area contributed by atoms with Crippen LogP contribution in [0.3, 0.4) is 0 Å². The summed E-state index contributed by atoms with van der Waals surface area (Å²) in [5.41, 5.74) is -0.324. The van der Waals surface area contributed by atoms with E-state index in [1.165, 1.54) is 0 Å². The highest BCUT2D eigenvalue weighted by atomic mass is 16.5. The van der Waals surface area contributed by atoms with E-state index in [9.17, 15) is 9.90 Å². The van der Waals surface area contributed by atoms with Gasteiger partial charge in [-0.2, -0.15) is 0 Å². The maximum Gasteiger partial charge on any atom is 0.223 e. The first-order valence-electron chi connectivity index (χ1n) is 5.78. The summed E-state index contributed by atoms with van der Waals surface area (Å²) in [6, 6.07) is 0. The van der Waals surface area contributed by atoms with E-state index in [1.54, 1.807) is 0 Å². The number of rotatable bonds is 2. The molecule has 2 rings (SSSR count). The Labute approximate surface area is 90.2 Å². The van der Waals surface area contributed by atoms with Gasteiger partial charge in [0.1, 0.15) is 0 Å². The monoisotopic (exact) mass is 213 g/mol. The highest BCUT2D eigenvalue weighted by molar-refractivity contribution is 5.77. The second-order valence-electron chi connectivity index (χ2n) is 4.50. The van der Waals surface area contributed by atoms with E-state index in [4.69, 9.17) is 4.74 Å². The lowest BCUT2D eigenvalue weighted by atomic mass is 9.87. The fourth-order valence-corrected chi connectivity index (χ4v) is 2.57. The van der Waals surface area contributed by atoms with Crippen LogP contribution in [-0.4, -0.2) is 47.8 Å². The summed E-state index contributed by atoms with van der Waals surface area (Å²) in [5, 5.41) is 9.56. The molecule has 0 unspecified atom stereocenters. The largest absolute Gasteiger partial charge is 0.394 e. The molecule has 0 aromatic rings. The average molecular weight is 213 g/mol. The molecular formula is C11H19NO3. The zero-order valence-electron chi connectivity index (χ0n) is 9.07. The van der Waals surface area contributed by atoms with Crippen LogP contribution in [0.1, 0.15) is 32.1 Å². The first-order chi connectivity index (χ1) is 7.28. The Morgan fingerprint density at radius 1 is 1.33 bits per heavy atom. The lowest BCUT2D eigenvalue weighted by molar-refractivity contribution is -0.148. The van der Waals surface area contributed by atoms with Crippen LogP contribution in [0.2, 0.25) is 0 Å². The molecule has 0 aromatic heterocycles. The number of carbonyl (C=O) groups is 1. The Bertz CT molecular complexity index is 236. The number of piperidine rings is 1. The van der Waals surface area contributed by atoms with E-state index >= 15 is 0 Å². The summed E-state index contributed by atoms with van der Waals surface area (Å²) in [5.74, 6) is 0.206. The zero-order valence-corrected chi connectivity index (χ0v) is 9.07. The van der Waals surface area contributed by atoms with Crippen molar-refractivity contribution in [2.24, 2.45) is 0 Å². The first kappa shape index (κ1) is 10.9. The minimum Gasteiger partial charge on any atom is -0.394 e. The SMILES string of the molecule is O=C1CCCCN1C1(CO)CCOCC1. The number of ether oxygens (including phenoxy) is 1. The zero-order chi connectivity index (χ0) is 10.7. The van der Waals surface area contributed by atoms with Gasteiger partial charge in [-0.25, -0.2) is 0 Å². The molecule has 0 bridgehead atoms. The smallest absolute Gasteiger partial charge is 0.223 e. The number of carbonyl (C=O) groups excluding carboxylic acids is 1. The van der Waals surface area contributed by atoms with Crippen molar-refractivity contribution in [3.8, 4) is 0 Å². The predicted octanol–water partition coefficient (Wildman–Crippen LogP) is 0.540. The summed E-state index contributed by atoms with van der Waals surface area (Å²) in [7, 11) is 0. The van der Waals surface area contributed by atoms with Gasteiger partial charge in [-0.15, -0.1) is 0 Å². The predicted molar refractivity (Wildman–Crippen MR) is 55.4 cm³/mol. The molecule has 86 valence electrons. The van der Waals surface area contributed by atoms with E-state index in [2.05, 4.69) is 0 Å². The molecule has 0 aliphatic carbocycles. The standard InChI is InChI=1S/C11H19NO3/c13-9-11(4-7-15-8-5-11)12-6-2-1-3-10(12)14/h13H,1-9H2. The molecule has 2 aliphatic rings. The van der Waals surface area contributed by atoms with Crippen LogP contribution in [0.25, 0.3) is 0 Å². The number of hydrogen-bond donors (Lipinski definition) is 1. The van der Waals surface area contributed by atoms with Gasteiger partial charge in [-0.05, 0) is 25.7 Å². The Hall–Kier alpha value is -0.610. The molecule has 0 atom stereocenters. The molecule has 2 heterocycles. The van der Waals surface area contributed by atoms with Gasteiger partial charge in [0.25, 0.3) is 0 Å². The molecule has 0 saturated carbocycles. The van der Waals surface area contributed by atoms with E-state index in [0.29, 0.717) is 19.6 Å². The molecule has 2 saturated heterocycles. The van der Waals surface area contributed by atoms with Gasteiger partial charge in [-0.1, -0.05) is 0 Å². The summed E-state index contributed by atoms with van der Waals surface area (Å²) in [6.45, 7) is 2.19. The molecule has 0 aromatic carbocycles. The van der Waals surface area contributed by atoms with Crippen molar-refractivity contribution in [1.29, 1.82) is 0 Å². The molecular weight excluding hydrogens is 194 g/mol. The quantitative estimate of drug-likeness (QED) is 0.728. The van der Waals surface area contributed by atoms with Crippen LogP contribution in [0, 0.1) is 0 Å². The van der Waals surface area contributed by atoms with Crippen molar-refractivity contribution < 1.29 is 14.6 Å². The minimum absolute atomic E-state index is 0.0715. The summed E-state index contributed by atoms with van der Waals surface area (Å²) in [6.07, 6.45) is 4.24. The van der Waals surface area contributed by atoms with Gasteiger partial charge in [-0.3, -0.25) is 4.79 Å². The minimum atomic E-state index is -0.324. The van der Waals surface area contributed by atoms with Crippen LogP contribution in [-0.2, 0) is 9.53 Å². The molecule has 0 spiro atoms. The van der Waals surface area contributed by atoms with E-state index in [0.717, 1.165) is 32.2 Å². The molecule has 2 aliphatic heterocycles. The molecule has 1 N–H and O–H groups in total. The first-order valence-corrected chi connectivity index (χ1v) is 5.78. The number of nitrogens with zero attached hydrogens (tertiary/aromatic N) is 1. The van der Waals surface area contributed by atoms with Crippen molar-refractivity contribution in [3.05, 3.63) is 0 Å². The number of aliphatic hydroxyl groups excluding tert-OH is 1. The highest BCUT2D eigenvalue weighted by Crippen LogP contribution is 2.30. The molecule has 1 amide bonds. The Kier molecular flexibility index (Phi) is 3.26. The third kappa shape index (κ3) is 2.01. The fraction of sp³-hybridized carbons (Fsp3) is 0.909. The Morgan fingerprint density at radius 3 is 2.67 bits per heavy atom. The van der Waals surface area contributed by atoms with Crippen LogP contribution in [0.15, 0.2) is 0 Å². The van der Waals surface area contributed by atoms with Crippen LogP contribution in [0.5, 0.6) is 0 Å². The van der Waals surface area contributed by atoms with Gasteiger partial charge in [0.05, 0.1) is 12.1 Å². The normalized spacial score (nSPS) is 26.7. The van der Waals surface area contributed by atoms with E-state index < -0.39 is 0 Å². The Balaban J connectivity index is 2.12. The molecule has 2 fully saturated rings. The van der Waals surface area contributed by atoms with Gasteiger partial charge in [0.15, 0.2) is 0 Å². The van der Waals surface area contributed by atoms with Crippen molar-refractivity contribution in [3.63, 3.8) is 0 Å². The van der Waals surface area contributed by atoms with Crippen molar-refractivity contribution in [2.45, 2.75) is 37.6 Å². The van der Waals surface area contributed by atoms with Crippen molar-refractivity contribution in [2.75, 3.05) is 26.4 Å². The topological polar surface area (TPSA) is 49.8 Å². The second-order valence-corrected chi connectivity index (χ2v) is 4.50. The van der Waals surface area contributed by atoms with Crippen LogP contribution in [0.4, 0.5) is 0 Å². The number of amides is 1. The summed E-state index contributed by atoms with van der Waals surface area (Å²) >= 11 is 0. The van der Waals surface area contributed by atoms with Gasteiger partial charge >= 0.3 is 0 Å². The van der Waals surface area contributed by atoms with E-state index in [-0.39, 0.29) is 18.1 Å². The number of aliphatic hydroxyl groups is 1. The Morgan fingerprint density at radius 2 is 2.07 bits per heavy atom. The van der Waals surface area contributed by atoms with Crippen molar-refractivity contribution in [1.82, 2.24) is 4.90 Å². The average Bonchev–Trinajstić information content (AvgIpc) is 2.30. The summed E-state index contributed by atoms with van der Waals surface area (Å²) < 4.78 is 5.30. The third-order valence-corrected chi connectivity index (χ3v) is 3.61. The highest BCUT2D eigenvalue weighted by Gasteiger charge is 2.41. The molecule has 0 radical (unpaired) electrons. The maximum atomic E-state index is 11.8.